The molecule has 1 unspecified atom stereocenters. The second kappa shape index (κ2) is 10.8. The Balaban J connectivity index is 1.25. The number of hydrogen-bond acceptors (Lipinski definition) is 5. The topological polar surface area (TPSA) is 56.1 Å². The molecule has 1 aromatic heterocycles. The molecule has 41 heavy (non-hydrogen) atoms. The minimum Gasteiger partial charge on any atom is -0.476 e. The van der Waals surface area contributed by atoms with E-state index in [1.165, 1.54) is 11.1 Å². The lowest BCUT2D eigenvalue weighted by Gasteiger charge is -2.25. The van der Waals surface area contributed by atoms with Gasteiger partial charge in [-0.3, -0.25) is 0 Å². The summed E-state index contributed by atoms with van der Waals surface area (Å²) in [5.74, 6) is 1.39. The summed E-state index contributed by atoms with van der Waals surface area (Å²) in [6.07, 6.45) is 5.66. The van der Waals surface area contributed by atoms with Crippen LogP contribution in [0.25, 0.3) is 6.08 Å². The summed E-state index contributed by atoms with van der Waals surface area (Å²) in [6, 6.07) is 35.4. The van der Waals surface area contributed by atoms with Gasteiger partial charge in [-0.2, -0.15) is 0 Å². The van der Waals surface area contributed by atoms with Crippen molar-refractivity contribution in [2.24, 2.45) is 9.98 Å². The average Bonchev–Trinajstić information content (AvgIpc) is 3.69. The van der Waals surface area contributed by atoms with Gasteiger partial charge in [0.05, 0.1) is 12.6 Å². The Labute approximate surface area is 241 Å². The molecule has 7 rings (SSSR count). The molecule has 204 valence electrons. The maximum absolute atomic E-state index is 6.54. The number of pyridine rings is 1. The number of rotatable bonds is 6. The van der Waals surface area contributed by atoms with Gasteiger partial charge in [-0.1, -0.05) is 104 Å². The minimum absolute atomic E-state index is 0.0346. The van der Waals surface area contributed by atoms with Gasteiger partial charge in [0.1, 0.15) is 16.9 Å². The third kappa shape index (κ3) is 5.20. The standard InChI is InChI=1S/C36H33N3O2/c1-2-25-22-31(37-32(23-25)35-39-36(20-21-36)33(41-35)28-16-10-5-11-17-28)34-38-30(27-14-8-4-9-15-27)19-18-29(24-40-34)26-12-6-3-7-13-26/h2-17,22-23,29-30,33H,1,18-21,24H2/t29?,30-,33+/m1/s1. The third-order valence-electron chi connectivity index (χ3n) is 8.37. The van der Waals surface area contributed by atoms with E-state index in [0.717, 1.165) is 36.8 Å². The molecule has 0 saturated heterocycles. The quantitative estimate of drug-likeness (QED) is 0.251. The van der Waals surface area contributed by atoms with Crippen molar-refractivity contribution in [3.05, 3.63) is 143 Å². The Kier molecular flexibility index (Phi) is 6.71. The Bertz CT molecular complexity index is 1590. The van der Waals surface area contributed by atoms with Crippen LogP contribution in [0.5, 0.6) is 0 Å². The van der Waals surface area contributed by atoms with E-state index in [0.29, 0.717) is 29.8 Å². The van der Waals surface area contributed by atoms with E-state index in [9.17, 15) is 0 Å². The summed E-state index contributed by atoms with van der Waals surface area (Å²) >= 11 is 0. The molecule has 0 amide bonds. The van der Waals surface area contributed by atoms with E-state index in [-0.39, 0.29) is 23.6 Å². The summed E-state index contributed by atoms with van der Waals surface area (Å²) < 4.78 is 13.1. The van der Waals surface area contributed by atoms with Gasteiger partial charge in [0.25, 0.3) is 0 Å². The number of hydrogen-bond donors (Lipinski definition) is 0. The lowest BCUT2D eigenvalue weighted by molar-refractivity contribution is 0.187. The summed E-state index contributed by atoms with van der Waals surface area (Å²) in [5.41, 5.74) is 5.69. The number of aromatic nitrogens is 1. The fraction of sp³-hybridized carbons (Fsp3) is 0.250. The summed E-state index contributed by atoms with van der Waals surface area (Å²) in [5, 5.41) is 0. The smallest absolute Gasteiger partial charge is 0.236 e. The van der Waals surface area contributed by atoms with Crippen LogP contribution in [-0.4, -0.2) is 28.9 Å². The number of ether oxygens (including phenoxy) is 2. The molecule has 5 heteroatoms. The average molecular weight is 540 g/mol. The third-order valence-corrected chi connectivity index (χ3v) is 8.37. The van der Waals surface area contributed by atoms with Crippen LogP contribution in [0.15, 0.2) is 120 Å². The predicted octanol–water partition coefficient (Wildman–Crippen LogP) is 7.86. The van der Waals surface area contributed by atoms with E-state index in [1.54, 1.807) is 0 Å². The van der Waals surface area contributed by atoms with Gasteiger partial charge in [0.15, 0.2) is 6.10 Å². The van der Waals surface area contributed by atoms with Gasteiger partial charge in [0.2, 0.25) is 11.8 Å². The van der Waals surface area contributed by atoms with Gasteiger partial charge in [-0.15, -0.1) is 0 Å². The molecule has 5 nitrogen and oxygen atoms in total. The molecule has 2 aliphatic heterocycles. The van der Waals surface area contributed by atoms with E-state index in [2.05, 4.69) is 85.4 Å². The largest absolute Gasteiger partial charge is 0.476 e. The van der Waals surface area contributed by atoms with Crippen molar-refractivity contribution in [2.75, 3.05) is 6.61 Å². The summed E-state index contributed by atoms with van der Waals surface area (Å²) in [6.45, 7) is 4.59. The first kappa shape index (κ1) is 25.5. The lowest BCUT2D eigenvalue weighted by Crippen LogP contribution is -2.21. The van der Waals surface area contributed by atoms with E-state index >= 15 is 0 Å². The van der Waals surface area contributed by atoms with Crippen molar-refractivity contribution >= 4 is 17.9 Å². The van der Waals surface area contributed by atoms with Crippen molar-refractivity contribution in [3.8, 4) is 0 Å². The molecule has 3 aliphatic rings. The molecule has 3 atom stereocenters. The predicted molar refractivity (Wildman–Crippen MR) is 163 cm³/mol. The Hall–Kier alpha value is -4.51. The van der Waals surface area contributed by atoms with Crippen molar-refractivity contribution < 1.29 is 9.47 Å². The summed E-state index contributed by atoms with van der Waals surface area (Å²) in [7, 11) is 0. The van der Waals surface area contributed by atoms with Gasteiger partial charge >= 0.3 is 0 Å². The molecule has 0 N–H and O–H groups in total. The van der Waals surface area contributed by atoms with Crippen LogP contribution in [0.1, 0.15) is 77.4 Å². The maximum atomic E-state index is 6.54. The highest BCUT2D eigenvalue weighted by atomic mass is 16.5. The van der Waals surface area contributed by atoms with Crippen LogP contribution >= 0.6 is 0 Å². The van der Waals surface area contributed by atoms with Crippen LogP contribution in [0, 0.1) is 0 Å². The van der Waals surface area contributed by atoms with Crippen LogP contribution in [0.3, 0.4) is 0 Å². The van der Waals surface area contributed by atoms with Gasteiger partial charge in [-0.25, -0.2) is 15.0 Å². The Morgan fingerprint density at radius 3 is 1.98 bits per heavy atom. The Morgan fingerprint density at radius 1 is 0.732 bits per heavy atom. The fourth-order valence-electron chi connectivity index (χ4n) is 5.93. The van der Waals surface area contributed by atoms with Crippen LogP contribution in [0.2, 0.25) is 0 Å². The highest BCUT2D eigenvalue weighted by molar-refractivity contribution is 5.98. The number of aliphatic imine (C=N–C) groups is 2. The molecule has 1 spiro atoms. The zero-order chi connectivity index (χ0) is 27.6. The molecule has 1 fully saturated rings. The molecular weight excluding hydrogens is 506 g/mol. The highest BCUT2D eigenvalue weighted by Gasteiger charge is 2.56. The van der Waals surface area contributed by atoms with Gasteiger partial charge in [-0.05, 0) is 60.1 Å². The van der Waals surface area contributed by atoms with Crippen LogP contribution in [0.4, 0.5) is 0 Å². The fourth-order valence-corrected chi connectivity index (χ4v) is 5.93. The SMILES string of the molecule is C=Cc1cc(C2=N[C@@H](c3ccccc3)CCC(c3ccccc3)CO2)nc(C2=NC3(CC3)[C@H](c3ccccc3)O2)c1. The molecular formula is C36H33N3O2. The highest BCUT2D eigenvalue weighted by Crippen LogP contribution is 2.55. The van der Waals surface area contributed by atoms with E-state index in [4.69, 9.17) is 24.4 Å². The first-order valence-corrected chi connectivity index (χ1v) is 14.5. The van der Waals surface area contributed by atoms with Crippen LogP contribution in [-0.2, 0) is 9.47 Å². The second-order valence-corrected chi connectivity index (χ2v) is 11.2. The monoisotopic (exact) mass is 539 g/mol. The zero-order valence-corrected chi connectivity index (χ0v) is 23.0. The second-order valence-electron chi connectivity index (χ2n) is 11.2. The van der Waals surface area contributed by atoms with E-state index < -0.39 is 0 Å². The molecule has 4 aromatic rings. The van der Waals surface area contributed by atoms with Crippen molar-refractivity contribution in [3.63, 3.8) is 0 Å². The van der Waals surface area contributed by atoms with Gasteiger partial charge < -0.3 is 9.47 Å². The van der Waals surface area contributed by atoms with Crippen molar-refractivity contribution in [2.45, 2.75) is 49.3 Å². The first-order chi connectivity index (χ1) is 20.2. The van der Waals surface area contributed by atoms with Crippen LogP contribution < -0.4 is 0 Å². The Morgan fingerprint density at radius 2 is 1.34 bits per heavy atom. The van der Waals surface area contributed by atoms with Crippen molar-refractivity contribution in [1.29, 1.82) is 0 Å². The van der Waals surface area contributed by atoms with Gasteiger partial charge in [0, 0.05) is 5.92 Å². The molecule has 3 heterocycles. The number of benzene rings is 3. The lowest BCUT2D eigenvalue weighted by atomic mass is 9.91. The number of nitrogens with zero attached hydrogens (tertiary/aromatic N) is 3. The molecule has 0 radical (unpaired) electrons. The maximum Gasteiger partial charge on any atom is 0.236 e. The molecule has 0 bridgehead atoms. The molecule has 1 aliphatic carbocycles. The molecule has 3 aromatic carbocycles. The zero-order valence-electron chi connectivity index (χ0n) is 23.0. The first-order valence-electron chi connectivity index (χ1n) is 14.5. The van der Waals surface area contributed by atoms with E-state index in [1.807, 2.05) is 30.3 Å². The van der Waals surface area contributed by atoms with Crippen molar-refractivity contribution in [1.82, 2.24) is 4.98 Å². The normalized spacial score (nSPS) is 22.9. The molecule has 1 saturated carbocycles. The summed E-state index contributed by atoms with van der Waals surface area (Å²) in [4.78, 5) is 15.3. The minimum atomic E-state index is -0.196.